The van der Waals surface area contributed by atoms with E-state index in [9.17, 15) is 4.79 Å². The van der Waals surface area contributed by atoms with E-state index in [1.165, 1.54) is 0 Å². The number of nitrogens with one attached hydrogen (secondary N) is 1. The van der Waals surface area contributed by atoms with Crippen molar-refractivity contribution < 1.29 is 9.53 Å². The van der Waals surface area contributed by atoms with Gasteiger partial charge in [0.2, 0.25) is 0 Å². The van der Waals surface area contributed by atoms with Crippen molar-refractivity contribution in [2.75, 3.05) is 32.8 Å². The van der Waals surface area contributed by atoms with Crippen LogP contribution in [0.5, 0.6) is 0 Å². The van der Waals surface area contributed by atoms with Gasteiger partial charge in [-0.1, -0.05) is 0 Å². The minimum absolute atomic E-state index is 0.00252. The molecule has 0 saturated carbocycles. The fourth-order valence-electron chi connectivity index (χ4n) is 2.57. The van der Waals surface area contributed by atoms with Gasteiger partial charge in [-0.15, -0.1) is 0 Å². The summed E-state index contributed by atoms with van der Waals surface area (Å²) in [6.07, 6.45) is 1.93. The van der Waals surface area contributed by atoms with Gasteiger partial charge in [0.05, 0.1) is 12.5 Å². The van der Waals surface area contributed by atoms with Crippen molar-refractivity contribution in [1.29, 1.82) is 0 Å². The largest absolute Gasteiger partial charge is 0.466 e. The van der Waals surface area contributed by atoms with Crippen LogP contribution in [0.15, 0.2) is 0 Å². The lowest BCUT2D eigenvalue weighted by Crippen LogP contribution is -2.55. The number of esters is 1. The molecule has 0 radical (unpaired) electrons. The summed E-state index contributed by atoms with van der Waals surface area (Å²) in [5.41, 5.74) is 0. The second kappa shape index (κ2) is 4.94. The number of piperidine rings is 1. The zero-order valence-electron chi connectivity index (χ0n) is 9.37. The van der Waals surface area contributed by atoms with E-state index in [0.29, 0.717) is 12.6 Å². The van der Waals surface area contributed by atoms with E-state index >= 15 is 0 Å². The van der Waals surface area contributed by atoms with E-state index in [4.69, 9.17) is 4.74 Å². The number of rotatable bonds is 2. The number of hydrogen-bond acceptors (Lipinski definition) is 4. The van der Waals surface area contributed by atoms with Crippen LogP contribution in [0, 0.1) is 5.92 Å². The van der Waals surface area contributed by atoms with E-state index < -0.39 is 0 Å². The van der Waals surface area contributed by atoms with Gasteiger partial charge in [-0.25, -0.2) is 0 Å². The zero-order chi connectivity index (χ0) is 10.7. The molecule has 0 aliphatic carbocycles. The zero-order valence-corrected chi connectivity index (χ0v) is 9.37. The van der Waals surface area contributed by atoms with Gasteiger partial charge in [0.15, 0.2) is 0 Å². The second-order valence-electron chi connectivity index (χ2n) is 4.37. The maximum Gasteiger partial charge on any atom is 0.309 e. The summed E-state index contributed by atoms with van der Waals surface area (Å²) in [6.45, 7) is 6.66. The molecule has 15 heavy (non-hydrogen) atoms. The van der Waals surface area contributed by atoms with Gasteiger partial charge in [0.25, 0.3) is 0 Å². The first kappa shape index (κ1) is 10.9. The Morgan fingerprint density at radius 2 is 2.40 bits per heavy atom. The minimum atomic E-state index is 0.00252. The first-order valence-corrected chi connectivity index (χ1v) is 5.92. The molecule has 2 saturated heterocycles. The molecule has 2 aliphatic rings. The lowest BCUT2D eigenvalue weighted by molar-refractivity contribution is -0.150. The van der Waals surface area contributed by atoms with E-state index in [1.807, 2.05) is 6.92 Å². The molecule has 0 spiro atoms. The summed E-state index contributed by atoms with van der Waals surface area (Å²) >= 11 is 0. The molecule has 0 aromatic rings. The molecule has 86 valence electrons. The molecule has 2 aliphatic heterocycles. The lowest BCUT2D eigenvalue weighted by Gasteiger charge is -2.41. The van der Waals surface area contributed by atoms with Gasteiger partial charge >= 0.3 is 5.97 Å². The van der Waals surface area contributed by atoms with Gasteiger partial charge in [-0.2, -0.15) is 0 Å². The van der Waals surface area contributed by atoms with E-state index in [1.54, 1.807) is 0 Å². The number of hydrogen-bond donors (Lipinski definition) is 1. The average Bonchev–Trinajstić information content (AvgIpc) is 2.29. The molecule has 0 amide bonds. The molecule has 0 aromatic carbocycles. The Morgan fingerprint density at radius 3 is 3.20 bits per heavy atom. The van der Waals surface area contributed by atoms with E-state index in [-0.39, 0.29) is 11.9 Å². The third-order valence-electron chi connectivity index (χ3n) is 3.41. The predicted molar refractivity (Wildman–Crippen MR) is 57.6 cm³/mol. The first-order chi connectivity index (χ1) is 7.31. The molecule has 2 heterocycles. The van der Waals surface area contributed by atoms with Gasteiger partial charge < -0.3 is 10.1 Å². The van der Waals surface area contributed by atoms with Crippen LogP contribution in [-0.4, -0.2) is 49.7 Å². The van der Waals surface area contributed by atoms with E-state index in [0.717, 1.165) is 39.0 Å². The fourth-order valence-corrected chi connectivity index (χ4v) is 2.57. The summed E-state index contributed by atoms with van der Waals surface area (Å²) in [5, 5.41) is 3.38. The van der Waals surface area contributed by atoms with Crippen LogP contribution in [0.25, 0.3) is 0 Å². The molecule has 4 heteroatoms. The van der Waals surface area contributed by atoms with Gasteiger partial charge in [0.1, 0.15) is 0 Å². The van der Waals surface area contributed by atoms with Crippen molar-refractivity contribution in [2.45, 2.75) is 25.8 Å². The summed E-state index contributed by atoms with van der Waals surface area (Å²) in [7, 11) is 0. The number of piperazine rings is 1. The number of ether oxygens (including phenoxy) is 1. The van der Waals surface area contributed by atoms with Crippen molar-refractivity contribution in [3.05, 3.63) is 0 Å². The Hall–Kier alpha value is -0.610. The van der Waals surface area contributed by atoms with Crippen molar-refractivity contribution >= 4 is 5.97 Å². The van der Waals surface area contributed by atoms with Crippen LogP contribution in [0.3, 0.4) is 0 Å². The predicted octanol–water partition coefficient (Wildman–Crippen LogP) is 0.233. The molecule has 4 nitrogen and oxygen atoms in total. The van der Waals surface area contributed by atoms with Crippen LogP contribution in [0.1, 0.15) is 19.8 Å². The number of carbonyl (C=O) groups excluding carboxylic acids is 1. The molecule has 0 bridgehead atoms. The second-order valence-corrected chi connectivity index (χ2v) is 4.37. The smallest absolute Gasteiger partial charge is 0.309 e. The van der Waals surface area contributed by atoms with Crippen LogP contribution in [0.2, 0.25) is 0 Å². The SMILES string of the molecule is CCOC(=O)C1CCN2CCNCC2C1. The summed E-state index contributed by atoms with van der Waals surface area (Å²) in [6, 6.07) is 0.543. The third-order valence-corrected chi connectivity index (χ3v) is 3.41. The average molecular weight is 212 g/mol. The first-order valence-electron chi connectivity index (χ1n) is 5.92. The number of carbonyl (C=O) groups is 1. The Kier molecular flexibility index (Phi) is 3.59. The number of nitrogens with zero attached hydrogens (tertiary/aromatic N) is 1. The van der Waals surface area contributed by atoms with Crippen LogP contribution in [-0.2, 0) is 9.53 Å². The molecule has 2 unspecified atom stereocenters. The Morgan fingerprint density at radius 1 is 1.53 bits per heavy atom. The molecule has 2 rings (SSSR count). The standard InChI is InChI=1S/C11H20N2O2/c1-2-15-11(14)9-3-5-13-6-4-12-8-10(13)7-9/h9-10,12H,2-8H2,1H3. The number of fused-ring (bicyclic) bond motifs is 1. The maximum absolute atomic E-state index is 11.6. The van der Waals surface area contributed by atoms with Gasteiger partial charge in [0, 0.05) is 25.7 Å². The summed E-state index contributed by atoms with van der Waals surface area (Å²) < 4.78 is 5.08. The van der Waals surface area contributed by atoms with Crippen LogP contribution >= 0.6 is 0 Å². The highest BCUT2D eigenvalue weighted by molar-refractivity contribution is 5.72. The van der Waals surface area contributed by atoms with Crippen LogP contribution < -0.4 is 5.32 Å². The van der Waals surface area contributed by atoms with Gasteiger partial charge in [-0.05, 0) is 26.3 Å². The Labute approximate surface area is 91.0 Å². The molecule has 2 atom stereocenters. The normalized spacial score (nSPS) is 32.1. The topological polar surface area (TPSA) is 41.6 Å². The monoisotopic (exact) mass is 212 g/mol. The highest BCUT2D eigenvalue weighted by Crippen LogP contribution is 2.24. The molecule has 0 aromatic heterocycles. The summed E-state index contributed by atoms with van der Waals surface area (Å²) in [5.74, 6) is 0.133. The maximum atomic E-state index is 11.6. The Balaban J connectivity index is 1.87. The highest BCUT2D eigenvalue weighted by atomic mass is 16.5. The Bertz CT molecular complexity index is 233. The molecular formula is C11H20N2O2. The van der Waals surface area contributed by atoms with Crippen molar-refractivity contribution in [2.24, 2.45) is 5.92 Å². The van der Waals surface area contributed by atoms with Crippen LogP contribution in [0.4, 0.5) is 0 Å². The van der Waals surface area contributed by atoms with Crippen molar-refractivity contribution in [1.82, 2.24) is 10.2 Å². The fraction of sp³-hybridized carbons (Fsp3) is 0.909. The van der Waals surface area contributed by atoms with Crippen molar-refractivity contribution in [3.8, 4) is 0 Å². The molecular weight excluding hydrogens is 192 g/mol. The molecule has 2 fully saturated rings. The quantitative estimate of drug-likeness (QED) is 0.665. The third kappa shape index (κ3) is 2.49. The lowest BCUT2D eigenvalue weighted by atomic mass is 9.90. The minimum Gasteiger partial charge on any atom is -0.466 e. The highest BCUT2D eigenvalue weighted by Gasteiger charge is 2.33. The summed E-state index contributed by atoms with van der Waals surface area (Å²) in [4.78, 5) is 14.1. The van der Waals surface area contributed by atoms with Gasteiger partial charge in [-0.3, -0.25) is 9.69 Å². The molecule has 1 N–H and O–H groups in total. The van der Waals surface area contributed by atoms with Crippen molar-refractivity contribution in [3.63, 3.8) is 0 Å². The van der Waals surface area contributed by atoms with E-state index in [2.05, 4.69) is 10.2 Å².